The number of aliphatic hydroxyl groups excluding tert-OH is 1. The molecule has 15 atom stereocenters. The third-order valence-electron chi connectivity index (χ3n) is 21.6. The van der Waals surface area contributed by atoms with E-state index >= 15 is 9.59 Å². The van der Waals surface area contributed by atoms with Gasteiger partial charge in [0.2, 0.25) is 35.8 Å². The number of anilines is 3. The maximum absolute atomic E-state index is 16.2. The van der Waals surface area contributed by atoms with E-state index in [1.807, 2.05) is 24.8 Å². The minimum Gasteiger partial charge on any atom is -0.455 e. The lowest BCUT2D eigenvalue weighted by Gasteiger charge is -2.67. The predicted octanol–water partition coefficient (Wildman–Crippen LogP) is 7.25. The summed E-state index contributed by atoms with van der Waals surface area (Å²) < 4.78 is 49.3. The van der Waals surface area contributed by atoms with Crippen LogP contribution in [0, 0.1) is 35.0 Å². The van der Waals surface area contributed by atoms with Crippen LogP contribution in [0.25, 0.3) is 0 Å². The summed E-state index contributed by atoms with van der Waals surface area (Å²) in [5, 5.41) is 50.7. The Morgan fingerprint density at radius 2 is 1.53 bits per heavy atom. The number of urea groups is 1. The molecule has 2 bridgehead atoms. The largest absolute Gasteiger partial charge is 0.455 e. The number of ether oxygens (including phenoxy) is 8. The molecule has 1 unspecified atom stereocenters. The molecule has 7 aliphatic rings. The Morgan fingerprint density at radius 3 is 2.20 bits per heavy atom. The number of alkyl carbamates (subject to hydrolysis) is 1. The third kappa shape index (κ3) is 21.5. The lowest BCUT2D eigenvalue weighted by molar-refractivity contribution is -0.346. The van der Waals surface area contributed by atoms with Gasteiger partial charge in [0.25, 0.3) is 0 Å². The molecule has 3 aromatic rings. The Labute approximate surface area is 676 Å². The highest BCUT2D eigenvalue weighted by Crippen LogP contribution is 2.65. The molecule has 1 aromatic heterocycles. The fourth-order valence-electron chi connectivity index (χ4n) is 15.6. The number of ketones is 1. The Bertz CT molecular complexity index is 4130. The molecule has 31 nitrogen and oxygen atoms in total. The lowest BCUT2D eigenvalue weighted by atomic mass is 9.44. The van der Waals surface area contributed by atoms with Crippen LogP contribution >= 0.6 is 33.3 Å². The van der Waals surface area contributed by atoms with Crippen molar-refractivity contribution in [2.24, 2.45) is 22.7 Å². The summed E-state index contributed by atoms with van der Waals surface area (Å²) in [5.41, 5.74) is -8.17. The van der Waals surface area contributed by atoms with Crippen LogP contribution in [-0.4, -0.2) is 225 Å². The summed E-state index contributed by atoms with van der Waals surface area (Å²) in [5.74, 6) is -3.98. The highest BCUT2D eigenvalue weighted by atomic mass is 33.1. The van der Waals surface area contributed by atoms with E-state index in [2.05, 4.69) is 63.4 Å². The Kier molecular flexibility index (Phi) is 29.5. The van der Waals surface area contributed by atoms with Gasteiger partial charge in [-0.1, -0.05) is 103 Å². The van der Waals surface area contributed by atoms with E-state index < -0.39 is 137 Å². The van der Waals surface area contributed by atoms with Crippen molar-refractivity contribution in [1.29, 1.82) is 0 Å². The number of aromatic nitrogens is 3. The number of carbonyl (C=O) groups is 10. The van der Waals surface area contributed by atoms with E-state index in [1.54, 1.807) is 84.9 Å². The van der Waals surface area contributed by atoms with Crippen LogP contribution < -0.4 is 42.5 Å². The molecule has 0 radical (unpaired) electrons. The molecule has 6 fully saturated rings. The molecular formula is C80H107N11O20S3. The average molecular weight is 1640 g/mol. The number of allylic oxidation sites excluding steroid dienone is 1. The monoisotopic (exact) mass is 1640 g/mol. The number of carbonyl (C=O) groups excluding carboxylic acids is 10. The fourth-order valence-corrected chi connectivity index (χ4v) is 19.6. The van der Waals surface area contributed by atoms with Gasteiger partial charge in [-0.25, -0.2) is 19.2 Å². The number of aliphatic hydroxyl groups is 2. The zero-order chi connectivity index (χ0) is 82.5. The number of fused-ring (bicyclic) bond motifs is 6. The van der Waals surface area contributed by atoms with Gasteiger partial charge in [0.15, 0.2) is 17.5 Å². The predicted molar refractivity (Wildman–Crippen MR) is 425 cm³/mol. The van der Waals surface area contributed by atoms with Crippen molar-refractivity contribution in [2.75, 3.05) is 74.2 Å². The highest BCUT2D eigenvalue weighted by molar-refractivity contribution is 8.77. The molecular weight excluding hydrogens is 1530 g/mol. The first-order valence-electron chi connectivity index (χ1n) is 38.7. The number of unbranched alkanes of at least 4 members (excludes halogenated alkanes) is 1. The van der Waals surface area contributed by atoms with Gasteiger partial charge >= 0.3 is 42.0 Å². The average Bonchev–Trinajstić information content (AvgIpc) is 0.940. The van der Waals surface area contributed by atoms with Gasteiger partial charge in [-0.3, -0.25) is 28.8 Å². The van der Waals surface area contributed by atoms with Gasteiger partial charge in [0, 0.05) is 85.3 Å². The summed E-state index contributed by atoms with van der Waals surface area (Å²) in [6, 6.07) is 13.6. The van der Waals surface area contributed by atoms with Crippen molar-refractivity contribution in [3.05, 3.63) is 88.5 Å². The number of amides is 5. The number of nitrogens with zero attached hydrogens (tertiary/aromatic N) is 3. The molecule has 620 valence electrons. The molecule has 4 aliphatic carbocycles. The van der Waals surface area contributed by atoms with Gasteiger partial charge in [0.1, 0.15) is 29.5 Å². The standard InChI is InChI=1S/C80H107N11O20S3/c1-13-31-83-71-89-72(91-73(90-71)85-35-37-104-36-34-82-58(94)26-20-19-25-55-62-52(42-112-55)86-74(101)88-62)84-33-32-81-59(95)30-27-45(4)113-114-54-24-18-17-23-50(54)39-60(96)107-63(51(38-44(2)3)87-75(102)111-76(7,8)9)70(100)106-53-41-80(103)67(109-69(99)48-21-15-14-16-22-48)65-78(12,56(93)40-57-79(65,43-105-57)110-47(6)92)66(97)64(108-68(98)49-28-29-49)61(46(53)5)77(80,10)11/h1,14-18,21-24,38,45,49,51-53,55-57,62-65,67,93,103H,19-20,25-37,39-43H2,2-12H3,(H,81,95)(H,82,94)(H,87,102)(H2,86,88,101)(H3,83,84,85,89,90,91)/t45?,51-,52-,53-,55-,56-,57+,62-,63+,64+,65-,67-,78+,79-,80+/m0/s1. The molecule has 10 N–H and O–H groups in total. The number of Topliss-reactive ketones (excluding diaryl/α,β-unsaturated/α-hetero) is 1. The topological polar surface area (TPSA) is 420 Å². The highest BCUT2D eigenvalue weighted by Gasteiger charge is 2.78. The number of esters is 5. The molecule has 34 heteroatoms. The first-order chi connectivity index (χ1) is 54.1. The van der Waals surface area contributed by atoms with Crippen molar-refractivity contribution in [3.8, 4) is 12.3 Å². The van der Waals surface area contributed by atoms with Gasteiger partial charge in [-0.15, -0.1) is 6.42 Å². The summed E-state index contributed by atoms with van der Waals surface area (Å²) in [6.07, 6.45) is -0.949. The third-order valence-corrected chi connectivity index (χ3v) is 26.2. The summed E-state index contributed by atoms with van der Waals surface area (Å²) in [6.45, 7) is 19.1. The van der Waals surface area contributed by atoms with Crippen molar-refractivity contribution in [1.82, 2.24) is 41.5 Å². The number of benzene rings is 2. The van der Waals surface area contributed by atoms with Gasteiger partial charge in [-0.05, 0) is 115 Å². The van der Waals surface area contributed by atoms with E-state index in [9.17, 15) is 48.6 Å². The van der Waals surface area contributed by atoms with Crippen molar-refractivity contribution < 1.29 is 96.1 Å². The van der Waals surface area contributed by atoms with E-state index in [4.69, 9.17) is 44.3 Å². The second-order valence-corrected chi connectivity index (χ2v) is 35.8. The van der Waals surface area contributed by atoms with Crippen LogP contribution in [0.3, 0.4) is 0 Å². The van der Waals surface area contributed by atoms with Gasteiger partial charge < -0.3 is 90.6 Å². The maximum atomic E-state index is 16.2. The summed E-state index contributed by atoms with van der Waals surface area (Å²) in [4.78, 5) is 154. The smallest absolute Gasteiger partial charge is 0.408 e. The van der Waals surface area contributed by atoms with Crippen LogP contribution in [0.5, 0.6) is 0 Å². The Morgan fingerprint density at radius 1 is 0.851 bits per heavy atom. The molecule has 114 heavy (non-hydrogen) atoms. The van der Waals surface area contributed by atoms with Crippen LogP contribution in [0.15, 0.2) is 82.3 Å². The van der Waals surface area contributed by atoms with Crippen LogP contribution in [-0.2, 0) is 77.9 Å². The van der Waals surface area contributed by atoms with Crippen molar-refractivity contribution >= 4 is 111 Å². The summed E-state index contributed by atoms with van der Waals surface area (Å²) in [7, 11) is 2.83. The van der Waals surface area contributed by atoms with Crippen LogP contribution in [0.1, 0.15) is 156 Å². The molecule has 10 rings (SSSR count). The Hall–Kier alpha value is -8.72. The first-order valence-corrected chi connectivity index (χ1v) is 42.0. The maximum Gasteiger partial charge on any atom is 0.408 e. The molecule has 3 aliphatic heterocycles. The number of thioether (sulfide) groups is 1. The molecule has 2 aromatic carbocycles. The minimum absolute atomic E-state index is 0.0279. The number of hydrogen-bond acceptors (Lipinski definition) is 29. The first kappa shape index (κ1) is 87.7. The quantitative estimate of drug-likeness (QED) is 0.00517. The second-order valence-electron chi connectivity index (χ2n) is 31.8. The van der Waals surface area contributed by atoms with E-state index in [1.165, 1.54) is 53.6 Å². The lowest BCUT2D eigenvalue weighted by Crippen LogP contribution is -2.82. The zero-order valence-electron chi connectivity index (χ0n) is 66.3. The summed E-state index contributed by atoms with van der Waals surface area (Å²) >= 11 is 1.86. The molecule has 5 amide bonds. The Balaban J connectivity index is 0.778. The van der Waals surface area contributed by atoms with Crippen LogP contribution in [0.2, 0.25) is 0 Å². The normalized spacial score (nSPS) is 26.4. The van der Waals surface area contributed by atoms with E-state index in [0.717, 1.165) is 31.9 Å². The number of terminal acetylenes is 1. The van der Waals surface area contributed by atoms with Crippen LogP contribution in [0.4, 0.5) is 27.4 Å². The van der Waals surface area contributed by atoms with Gasteiger partial charge in [0.05, 0.1) is 79.8 Å². The van der Waals surface area contributed by atoms with Crippen molar-refractivity contribution in [3.63, 3.8) is 0 Å². The molecule has 4 heterocycles. The van der Waals surface area contributed by atoms with Gasteiger partial charge in [-0.2, -0.15) is 26.7 Å². The second kappa shape index (κ2) is 38.4. The number of hydrogen-bond donors (Lipinski definition) is 10. The number of nitrogens with one attached hydrogen (secondary N) is 8. The number of rotatable bonds is 37. The molecule has 3 saturated carbocycles. The SMILES string of the molecule is C#CCNc1nc(NCCNC(=O)CCC(C)SSc2ccccc2CC(=O)O[C@@H](C(=O)O[C@H]2C[C@@]3(O)[C@@H](OC(=O)c4ccccc4)[C@@H]4[C@]5(OC(C)=O)CO[C@@H]5C[C@H](O)[C@@]4(C)C(=O)[C@H](OC(=O)C4CC4)C(=C2C)C3(C)C)[C@H](C=C(C)C)NC(=O)OC(C)(C)C)nc(NCCOCCNC(=O)CCCC[C@@H]2SC[C@@H]3NC(=O)N[C@@H]32)n1. The van der Waals surface area contributed by atoms with E-state index in [-0.39, 0.29) is 109 Å². The zero-order valence-corrected chi connectivity index (χ0v) is 68.8. The fraction of sp³-hybridized carbons (Fsp3) is 0.613. The molecule has 0 spiro atoms. The minimum atomic E-state index is -2.52. The molecule has 3 saturated heterocycles. The van der Waals surface area contributed by atoms with E-state index in [0.29, 0.717) is 73.3 Å². The van der Waals surface area contributed by atoms with Crippen molar-refractivity contribution in [2.45, 2.75) is 234 Å².